The second-order valence-corrected chi connectivity index (χ2v) is 7.53. The van der Waals surface area contributed by atoms with Crippen LogP contribution in [0.4, 0.5) is 5.82 Å². The average Bonchev–Trinajstić information content (AvgIpc) is 3.39. The molecule has 0 saturated heterocycles. The van der Waals surface area contributed by atoms with Crippen molar-refractivity contribution in [2.45, 2.75) is 30.9 Å². The number of aromatic nitrogens is 7. The lowest BCUT2D eigenvalue weighted by atomic mass is 9.72. The standard InChI is InChI=1S/C19H19N9O/c1-26-9-12(8-23-26)15-11-27-16(2-5-22-27)17(24-15)14-10-28(25-18(14)21)19(3-4-20)6-13(29)7-19/h2,5,8-11,13,29H,3,6-7H2,1H3,(H2,21,25)/t13-,19-. The van der Waals surface area contributed by atoms with Gasteiger partial charge in [0, 0.05) is 25.0 Å². The molecule has 29 heavy (non-hydrogen) atoms. The predicted molar refractivity (Wildman–Crippen MR) is 104 cm³/mol. The molecule has 10 heteroatoms. The van der Waals surface area contributed by atoms with E-state index in [1.165, 1.54) is 0 Å². The molecule has 1 saturated carbocycles. The maximum Gasteiger partial charge on any atom is 0.155 e. The molecule has 0 spiro atoms. The van der Waals surface area contributed by atoms with Gasteiger partial charge in [-0.1, -0.05) is 0 Å². The molecule has 4 aromatic rings. The number of nitrogens with two attached hydrogens (primary N) is 1. The zero-order valence-corrected chi connectivity index (χ0v) is 15.8. The number of rotatable bonds is 4. The van der Waals surface area contributed by atoms with Gasteiger partial charge in [0.25, 0.3) is 0 Å². The number of aliphatic hydroxyl groups is 1. The summed E-state index contributed by atoms with van der Waals surface area (Å²) in [4.78, 5) is 4.83. The Kier molecular flexibility index (Phi) is 3.69. The molecule has 0 aromatic carbocycles. The van der Waals surface area contributed by atoms with Crippen molar-refractivity contribution in [2.24, 2.45) is 7.05 Å². The van der Waals surface area contributed by atoms with Gasteiger partial charge in [0.1, 0.15) is 5.69 Å². The van der Waals surface area contributed by atoms with Crippen LogP contribution in [0.2, 0.25) is 0 Å². The molecular weight excluding hydrogens is 370 g/mol. The van der Waals surface area contributed by atoms with Gasteiger partial charge in [-0.05, 0) is 18.9 Å². The highest BCUT2D eigenvalue weighted by Crippen LogP contribution is 2.43. The predicted octanol–water partition coefficient (Wildman–Crippen LogP) is 1.34. The fourth-order valence-corrected chi connectivity index (χ4v) is 4.01. The molecule has 146 valence electrons. The summed E-state index contributed by atoms with van der Waals surface area (Å²) in [7, 11) is 1.85. The minimum Gasteiger partial charge on any atom is -0.393 e. The lowest BCUT2D eigenvalue weighted by molar-refractivity contribution is -0.0267. The molecule has 0 atom stereocenters. The normalized spacial score (nSPS) is 21.2. The maximum absolute atomic E-state index is 9.83. The number of nitriles is 1. The van der Waals surface area contributed by atoms with E-state index >= 15 is 0 Å². The number of nitrogens with zero attached hydrogens (tertiary/aromatic N) is 8. The molecule has 0 radical (unpaired) electrons. The highest BCUT2D eigenvalue weighted by molar-refractivity contribution is 5.83. The summed E-state index contributed by atoms with van der Waals surface area (Å²) in [5.41, 5.74) is 9.43. The first-order chi connectivity index (χ1) is 14.0. The fourth-order valence-electron chi connectivity index (χ4n) is 4.01. The molecule has 0 unspecified atom stereocenters. The summed E-state index contributed by atoms with van der Waals surface area (Å²) in [5.74, 6) is 0.322. The van der Waals surface area contributed by atoms with E-state index in [-0.39, 0.29) is 6.42 Å². The fraction of sp³-hybridized carbons (Fsp3) is 0.316. The molecule has 4 heterocycles. The van der Waals surface area contributed by atoms with Gasteiger partial charge in [-0.2, -0.15) is 20.6 Å². The molecule has 1 aliphatic carbocycles. The third-order valence-electron chi connectivity index (χ3n) is 5.51. The Morgan fingerprint density at radius 1 is 1.31 bits per heavy atom. The topological polar surface area (TPSA) is 136 Å². The molecule has 4 aromatic heterocycles. The van der Waals surface area contributed by atoms with E-state index in [1.807, 2.05) is 31.7 Å². The first kappa shape index (κ1) is 17.4. The van der Waals surface area contributed by atoms with E-state index in [0.29, 0.717) is 35.6 Å². The second kappa shape index (κ2) is 6.15. The Labute approximate surface area is 165 Å². The molecule has 1 fully saturated rings. The highest BCUT2D eigenvalue weighted by atomic mass is 16.3. The summed E-state index contributed by atoms with van der Waals surface area (Å²) >= 11 is 0. The van der Waals surface area contributed by atoms with Crippen LogP contribution >= 0.6 is 0 Å². The number of anilines is 1. The quantitative estimate of drug-likeness (QED) is 0.537. The first-order valence-electron chi connectivity index (χ1n) is 9.23. The first-order valence-corrected chi connectivity index (χ1v) is 9.23. The number of aryl methyl sites for hydroxylation is 1. The van der Waals surface area contributed by atoms with Crippen LogP contribution in [0.5, 0.6) is 0 Å². The van der Waals surface area contributed by atoms with Crippen molar-refractivity contribution in [3.63, 3.8) is 0 Å². The lowest BCUT2D eigenvalue weighted by Gasteiger charge is -2.43. The van der Waals surface area contributed by atoms with Crippen LogP contribution in [-0.4, -0.2) is 45.4 Å². The van der Waals surface area contributed by atoms with Crippen LogP contribution in [0.15, 0.2) is 37.1 Å². The van der Waals surface area contributed by atoms with E-state index in [9.17, 15) is 10.4 Å². The van der Waals surface area contributed by atoms with Crippen molar-refractivity contribution in [1.29, 1.82) is 5.26 Å². The molecule has 0 bridgehead atoms. The highest BCUT2D eigenvalue weighted by Gasteiger charge is 2.46. The second-order valence-electron chi connectivity index (χ2n) is 7.53. The van der Waals surface area contributed by atoms with Crippen LogP contribution in [0, 0.1) is 11.3 Å². The van der Waals surface area contributed by atoms with Gasteiger partial charge < -0.3 is 10.8 Å². The number of hydrogen-bond acceptors (Lipinski definition) is 7. The van der Waals surface area contributed by atoms with E-state index in [2.05, 4.69) is 21.4 Å². The van der Waals surface area contributed by atoms with Crippen molar-refractivity contribution < 1.29 is 5.11 Å². The smallest absolute Gasteiger partial charge is 0.155 e. The van der Waals surface area contributed by atoms with Gasteiger partial charge >= 0.3 is 0 Å². The van der Waals surface area contributed by atoms with Crippen LogP contribution in [-0.2, 0) is 12.6 Å². The largest absolute Gasteiger partial charge is 0.393 e. The van der Waals surface area contributed by atoms with Crippen LogP contribution < -0.4 is 5.73 Å². The van der Waals surface area contributed by atoms with Crippen LogP contribution in [0.25, 0.3) is 28.0 Å². The summed E-state index contributed by atoms with van der Waals surface area (Å²) in [5, 5.41) is 32.1. The SMILES string of the molecule is Cn1cc(-c2cn3nccc3c(-c3cn([C@]4(CC#N)C[C@@H](O)C4)nc3N)n2)cn1. The Bertz CT molecular complexity index is 1250. The van der Waals surface area contributed by atoms with Crippen molar-refractivity contribution in [1.82, 2.24) is 34.2 Å². The number of nitrogen functional groups attached to an aromatic ring is 1. The van der Waals surface area contributed by atoms with Crippen molar-refractivity contribution in [3.05, 3.63) is 37.1 Å². The molecule has 5 rings (SSSR count). The Morgan fingerprint density at radius 2 is 2.14 bits per heavy atom. The summed E-state index contributed by atoms with van der Waals surface area (Å²) in [6.07, 6.45) is 9.78. The molecule has 3 N–H and O–H groups in total. The number of hydrogen-bond donors (Lipinski definition) is 2. The van der Waals surface area contributed by atoms with Gasteiger partial charge in [0.15, 0.2) is 5.82 Å². The third kappa shape index (κ3) is 2.67. The summed E-state index contributed by atoms with van der Waals surface area (Å²) < 4.78 is 5.18. The van der Waals surface area contributed by atoms with Gasteiger partial charge in [-0.15, -0.1) is 0 Å². The minimum absolute atomic E-state index is 0.260. The zero-order valence-electron chi connectivity index (χ0n) is 15.8. The molecule has 1 aliphatic rings. The molecule has 0 amide bonds. The van der Waals surface area contributed by atoms with Crippen molar-refractivity contribution >= 4 is 11.3 Å². The Hall–Kier alpha value is -3.71. The van der Waals surface area contributed by atoms with Crippen LogP contribution in [0.3, 0.4) is 0 Å². The molecule has 10 nitrogen and oxygen atoms in total. The molecule has 0 aliphatic heterocycles. The zero-order chi connectivity index (χ0) is 20.2. The molecular formula is C19H19N9O. The summed E-state index contributed by atoms with van der Waals surface area (Å²) in [6, 6.07) is 4.07. The van der Waals surface area contributed by atoms with E-state index in [4.69, 9.17) is 10.7 Å². The van der Waals surface area contributed by atoms with Crippen LogP contribution in [0.1, 0.15) is 19.3 Å². The number of fused-ring (bicyclic) bond motifs is 1. The van der Waals surface area contributed by atoms with E-state index in [1.54, 1.807) is 26.3 Å². The average molecular weight is 389 g/mol. The Morgan fingerprint density at radius 3 is 2.83 bits per heavy atom. The van der Waals surface area contributed by atoms with E-state index in [0.717, 1.165) is 11.1 Å². The van der Waals surface area contributed by atoms with Gasteiger partial charge in [-0.3, -0.25) is 9.36 Å². The van der Waals surface area contributed by atoms with Crippen molar-refractivity contribution in [3.8, 4) is 28.6 Å². The number of aliphatic hydroxyl groups excluding tert-OH is 1. The third-order valence-corrected chi connectivity index (χ3v) is 5.51. The van der Waals surface area contributed by atoms with Gasteiger partial charge in [-0.25, -0.2) is 9.50 Å². The monoisotopic (exact) mass is 389 g/mol. The lowest BCUT2D eigenvalue weighted by Crippen LogP contribution is -2.49. The Balaban J connectivity index is 1.66. The van der Waals surface area contributed by atoms with Crippen molar-refractivity contribution in [2.75, 3.05) is 5.73 Å². The van der Waals surface area contributed by atoms with Gasteiger partial charge in [0.05, 0.1) is 59.5 Å². The summed E-state index contributed by atoms with van der Waals surface area (Å²) in [6.45, 7) is 0. The van der Waals surface area contributed by atoms with Gasteiger partial charge in [0.2, 0.25) is 0 Å². The van der Waals surface area contributed by atoms with E-state index < -0.39 is 11.6 Å². The maximum atomic E-state index is 9.83. The minimum atomic E-state index is -0.530.